The van der Waals surface area contributed by atoms with E-state index in [9.17, 15) is 19.2 Å². The summed E-state index contributed by atoms with van der Waals surface area (Å²) in [5, 5.41) is 7.32. The van der Waals surface area contributed by atoms with Crippen molar-refractivity contribution in [2.24, 2.45) is 0 Å². The molecular weight excluding hydrogens is 783 g/mol. The maximum absolute atomic E-state index is 14.1. The Bertz CT molecular complexity index is 2570. The minimum atomic E-state index is -1.18. The fraction of sp³-hybridized carbons (Fsp3) is 0.292. The molecule has 2 aromatic heterocycles. The standard InChI is InChI=1S/C48H53N9O5/c1-8-11-26-56(47(60)43(34-15-13-12-14-16-34)53-42(58)30-55(5)6)29-41-49-28-40(50-41)33-19-17-32(18-20-33)35-21-23-37-36(27-35)22-24-39-44(37)54-45(51-39)31(4)57(25-9-2)46(59)38(10-3)52-48(61)62-7/h3,8,12-24,27-28,31,38,43H,1,9,11,25-26,29-30H2,2,4-7H3,(H,49,50)(H,51,54)(H,52,61)(H,53,58)/t31-,38-,43+/m0/s1. The van der Waals surface area contributed by atoms with Crippen LogP contribution in [0.5, 0.6) is 0 Å². The molecule has 4 amide bonds. The maximum atomic E-state index is 14.1. The molecule has 320 valence electrons. The van der Waals surface area contributed by atoms with Gasteiger partial charge in [-0.25, -0.2) is 14.8 Å². The third kappa shape index (κ3) is 10.4. The number of hydrogen-bond acceptors (Lipinski definition) is 8. The molecule has 14 heteroatoms. The molecule has 0 saturated heterocycles. The number of likely N-dealkylation sites (N-methyl/N-ethyl adjacent to an activating group) is 1. The number of hydrogen-bond donors (Lipinski definition) is 4. The highest BCUT2D eigenvalue weighted by atomic mass is 16.5. The largest absolute Gasteiger partial charge is 0.453 e. The highest BCUT2D eigenvalue weighted by Gasteiger charge is 2.31. The van der Waals surface area contributed by atoms with Gasteiger partial charge >= 0.3 is 6.09 Å². The Morgan fingerprint density at radius 2 is 1.65 bits per heavy atom. The Labute approximate surface area is 361 Å². The van der Waals surface area contributed by atoms with E-state index in [1.54, 1.807) is 41.1 Å². The summed E-state index contributed by atoms with van der Waals surface area (Å²) in [6, 6.07) is 25.2. The van der Waals surface area contributed by atoms with E-state index in [0.29, 0.717) is 43.1 Å². The average molecular weight is 836 g/mol. The van der Waals surface area contributed by atoms with Crippen molar-refractivity contribution >= 4 is 45.6 Å². The monoisotopic (exact) mass is 835 g/mol. The van der Waals surface area contributed by atoms with Crippen LogP contribution < -0.4 is 10.6 Å². The van der Waals surface area contributed by atoms with Gasteiger partial charge in [0.15, 0.2) is 6.04 Å². The molecule has 0 aliphatic rings. The number of aromatic amines is 2. The fourth-order valence-electron chi connectivity index (χ4n) is 7.34. The van der Waals surface area contributed by atoms with Gasteiger partial charge < -0.3 is 34.7 Å². The number of alkyl carbamates (subject to hydrolysis) is 1. The first-order valence-corrected chi connectivity index (χ1v) is 20.5. The quantitative estimate of drug-likeness (QED) is 0.0545. The third-order valence-electron chi connectivity index (χ3n) is 10.5. The number of rotatable bonds is 18. The molecule has 6 aromatic rings. The number of nitrogens with zero attached hydrogens (tertiary/aromatic N) is 5. The molecule has 0 aliphatic heterocycles. The SMILES string of the molecule is C#C[C@H](NC(=O)OC)C(=O)N(CCC)[C@@H](C)c1nc2c(ccc3cc(-c4ccc(-c5cnc(CN(CCC=C)C(=O)[C@H](NC(=O)CN(C)C)c6ccccc6)[nH]5)cc4)ccc32)[nH]1. The number of nitrogens with one attached hydrogen (secondary N) is 4. The smallest absolute Gasteiger partial charge is 0.408 e. The Morgan fingerprint density at radius 3 is 2.32 bits per heavy atom. The first-order valence-electron chi connectivity index (χ1n) is 20.5. The van der Waals surface area contributed by atoms with Crippen molar-refractivity contribution in [2.75, 3.05) is 40.8 Å². The number of imidazole rings is 2. The van der Waals surface area contributed by atoms with Crippen LogP contribution in [-0.2, 0) is 25.7 Å². The second-order valence-electron chi connectivity index (χ2n) is 15.3. The second kappa shape index (κ2) is 20.3. The highest BCUT2D eigenvalue weighted by molar-refractivity contribution is 6.05. The predicted octanol–water partition coefficient (Wildman–Crippen LogP) is 6.75. The molecule has 14 nitrogen and oxygen atoms in total. The molecule has 4 N–H and O–H groups in total. The lowest BCUT2D eigenvalue weighted by atomic mass is 9.99. The normalized spacial score (nSPS) is 12.6. The van der Waals surface area contributed by atoms with E-state index in [4.69, 9.17) is 11.4 Å². The minimum absolute atomic E-state index is 0.152. The molecule has 4 aromatic carbocycles. The number of methoxy groups -OCH3 is 1. The number of benzene rings is 4. The van der Waals surface area contributed by atoms with Crippen LogP contribution in [0.4, 0.5) is 4.79 Å². The zero-order chi connectivity index (χ0) is 44.3. The third-order valence-corrected chi connectivity index (χ3v) is 10.5. The summed E-state index contributed by atoms with van der Waals surface area (Å²) >= 11 is 0. The molecule has 0 spiro atoms. The van der Waals surface area contributed by atoms with Crippen molar-refractivity contribution in [3.8, 4) is 34.7 Å². The Balaban J connectivity index is 1.18. The molecule has 0 aliphatic carbocycles. The highest BCUT2D eigenvalue weighted by Crippen LogP contribution is 2.32. The number of carbonyl (C=O) groups is 4. The maximum Gasteiger partial charge on any atom is 0.408 e. The number of H-pyrrole nitrogens is 2. The molecular formula is C48H53N9O5. The van der Waals surface area contributed by atoms with Gasteiger partial charge in [0.2, 0.25) is 11.8 Å². The van der Waals surface area contributed by atoms with E-state index in [1.807, 2.05) is 68.4 Å². The predicted molar refractivity (Wildman–Crippen MR) is 241 cm³/mol. The van der Waals surface area contributed by atoms with E-state index in [1.165, 1.54) is 7.11 Å². The lowest BCUT2D eigenvalue weighted by Crippen LogP contribution is -2.49. The first kappa shape index (κ1) is 44.3. The molecule has 0 unspecified atom stereocenters. The zero-order valence-corrected chi connectivity index (χ0v) is 35.8. The van der Waals surface area contributed by atoms with Crippen LogP contribution in [0.2, 0.25) is 0 Å². The second-order valence-corrected chi connectivity index (χ2v) is 15.3. The molecule has 0 radical (unpaired) electrons. The lowest BCUT2D eigenvalue weighted by Gasteiger charge is -2.29. The summed E-state index contributed by atoms with van der Waals surface area (Å²) in [4.78, 5) is 73.8. The molecule has 2 heterocycles. The summed E-state index contributed by atoms with van der Waals surface area (Å²) < 4.78 is 4.65. The Kier molecular flexibility index (Phi) is 14.5. The van der Waals surface area contributed by atoms with Crippen molar-refractivity contribution in [2.45, 2.75) is 51.4 Å². The molecule has 62 heavy (non-hydrogen) atoms. The molecule has 6 rings (SSSR count). The molecule has 0 fully saturated rings. The number of aromatic nitrogens is 4. The van der Waals surface area contributed by atoms with Crippen molar-refractivity contribution in [1.29, 1.82) is 0 Å². The number of carbonyl (C=O) groups excluding carboxylic acids is 4. The van der Waals surface area contributed by atoms with Gasteiger partial charge in [-0.1, -0.05) is 91.7 Å². The lowest BCUT2D eigenvalue weighted by molar-refractivity contribution is -0.137. The van der Waals surface area contributed by atoms with Gasteiger partial charge in [-0.05, 0) is 73.6 Å². The van der Waals surface area contributed by atoms with Crippen LogP contribution in [0.15, 0.2) is 104 Å². The molecule has 3 atom stereocenters. The summed E-state index contributed by atoms with van der Waals surface area (Å²) in [6.07, 6.45) is 9.61. The van der Waals surface area contributed by atoms with E-state index >= 15 is 0 Å². The van der Waals surface area contributed by atoms with Crippen molar-refractivity contribution in [3.05, 3.63) is 121 Å². The van der Waals surface area contributed by atoms with Crippen LogP contribution in [0.25, 0.3) is 44.2 Å². The number of ether oxygens (including phenoxy) is 1. The molecule has 0 saturated carbocycles. The van der Waals surface area contributed by atoms with Gasteiger partial charge in [-0.2, -0.15) is 0 Å². The van der Waals surface area contributed by atoms with Crippen molar-refractivity contribution in [3.63, 3.8) is 0 Å². The van der Waals surface area contributed by atoms with Crippen LogP contribution in [-0.4, -0.2) is 105 Å². The molecule has 0 bridgehead atoms. The summed E-state index contributed by atoms with van der Waals surface area (Å²) in [5.41, 5.74) is 6.09. The van der Waals surface area contributed by atoms with Crippen molar-refractivity contribution in [1.82, 2.24) is 45.3 Å². The van der Waals surface area contributed by atoms with Gasteiger partial charge in [0.25, 0.3) is 5.91 Å². The van der Waals surface area contributed by atoms with Crippen LogP contribution in [0.3, 0.4) is 0 Å². The minimum Gasteiger partial charge on any atom is -0.453 e. The van der Waals surface area contributed by atoms with E-state index in [-0.39, 0.29) is 24.9 Å². The van der Waals surface area contributed by atoms with Gasteiger partial charge in [0, 0.05) is 18.5 Å². The van der Waals surface area contributed by atoms with Gasteiger partial charge in [-0.15, -0.1) is 13.0 Å². The Morgan fingerprint density at radius 1 is 0.919 bits per heavy atom. The fourth-order valence-corrected chi connectivity index (χ4v) is 7.34. The number of fused-ring (bicyclic) bond motifs is 3. The first-order chi connectivity index (χ1) is 29.9. The van der Waals surface area contributed by atoms with E-state index < -0.39 is 30.1 Å². The van der Waals surface area contributed by atoms with Crippen molar-refractivity contribution < 1.29 is 23.9 Å². The van der Waals surface area contributed by atoms with Gasteiger partial charge in [0.1, 0.15) is 17.7 Å². The topological polar surface area (TPSA) is 169 Å². The van der Waals surface area contributed by atoms with E-state index in [2.05, 4.69) is 73.2 Å². The number of amides is 4. The number of terminal acetylenes is 1. The summed E-state index contributed by atoms with van der Waals surface area (Å²) in [7, 11) is 4.82. The van der Waals surface area contributed by atoms with Crippen LogP contribution >= 0.6 is 0 Å². The van der Waals surface area contributed by atoms with E-state index in [0.717, 1.165) is 44.2 Å². The summed E-state index contributed by atoms with van der Waals surface area (Å²) in [5.74, 6) is 2.67. The zero-order valence-electron chi connectivity index (χ0n) is 35.8. The Hall–Kier alpha value is -7.24. The summed E-state index contributed by atoms with van der Waals surface area (Å²) in [6.45, 7) is 8.87. The van der Waals surface area contributed by atoms with Crippen LogP contribution in [0.1, 0.15) is 56.0 Å². The van der Waals surface area contributed by atoms with Gasteiger partial charge in [0.05, 0.1) is 49.2 Å². The average Bonchev–Trinajstić information content (AvgIpc) is 3.95. The van der Waals surface area contributed by atoms with Gasteiger partial charge in [-0.3, -0.25) is 19.7 Å². The van der Waals surface area contributed by atoms with Crippen LogP contribution in [0, 0.1) is 12.3 Å².